The molecule has 0 fully saturated rings. The highest BCUT2D eigenvalue weighted by Gasteiger charge is 1.97. The molecule has 0 aromatic heterocycles. The van der Waals surface area contributed by atoms with Crippen molar-refractivity contribution in [2.45, 2.75) is 32.6 Å². The fourth-order valence-corrected chi connectivity index (χ4v) is 0.855. The van der Waals surface area contributed by atoms with Crippen molar-refractivity contribution < 1.29 is 4.39 Å². The summed E-state index contributed by atoms with van der Waals surface area (Å²) in [4.78, 5) is 0. The smallest absolute Gasteiger partial charge is 0.168 e. The Bertz CT molecular complexity index is 75.8. The molecule has 0 atom stereocenters. The average Bonchev–Trinajstić information content (AvgIpc) is 1.78. The van der Waals surface area contributed by atoms with Gasteiger partial charge >= 0.3 is 0 Å². The van der Waals surface area contributed by atoms with E-state index in [-0.39, 0.29) is 0 Å². The summed E-state index contributed by atoms with van der Waals surface area (Å²) in [5.74, 6) is 0. The fraction of sp³-hybridized carbons (Fsp3) is 1.00. The molecular formula is C8H22BN. The third-order valence-corrected chi connectivity index (χ3v) is 1.46. The first-order valence-electron chi connectivity index (χ1n) is 3.92. The molecule has 10 heavy (non-hydrogen) atoms. The first-order chi connectivity index (χ1) is 4.56. The third kappa shape index (κ3) is 8.02. The summed E-state index contributed by atoms with van der Waals surface area (Å²) in [7, 11) is 5.24. The quantitative estimate of drug-likeness (QED) is 0.396. The summed E-state index contributed by atoms with van der Waals surface area (Å²) in [6.07, 6.45) is 5.69. The lowest BCUT2D eigenvalue weighted by Gasteiger charge is -2.33. The van der Waals surface area contributed by atoms with Crippen molar-refractivity contribution in [3.8, 4) is 0 Å². The van der Waals surface area contributed by atoms with Gasteiger partial charge in [-0.1, -0.05) is 19.8 Å². The molecule has 0 unspecified atom stereocenters. The highest BCUT2D eigenvalue weighted by atomic mass is 15.2. The van der Waals surface area contributed by atoms with Crippen LogP contribution in [0.25, 0.3) is 0 Å². The molecule has 0 spiro atoms. The molecule has 0 amide bonds. The van der Waals surface area contributed by atoms with Crippen LogP contribution >= 0.6 is 0 Å². The van der Waals surface area contributed by atoms with Gasteiger partial charge in [0.1, 0.15) is 0 Å². The molecule has 1 nitrogen and oxygen atoms in total. The van der Waals surface area contributed by atoms with Crippen LogP contribution in [0, 0.1) is 0 Å². The van der Waals surface area contributed by atoms with Gasteiger partial charge in [0.2, 0.25) is 0 Å². The maximum Gasteiger partial charge on any atom is 0.168 e. The Balaban J connectivity index is 3.04. The van der Waals surface area contributed by atoms with Crippen LogP contribution in [-0.2, 0) is 0 Å². The highest BCUT2D eigenvalue weighted by Crippen LogP contribution is 2.01. The van der Waals surface area contributed by atoms with E-state index in [1.165, 1.54) is 36.6 Å². The maximum absolute atomic E-state index is 2.37. The fourth-order valence-electron chi connectivity index (χ4n) is 0.855. The van der Waals surface area contributed by atoms with Gasteiger partial charge in [-0.25, -0.2) is 0 Å². The van der Waals surface area contributed by atoms with Crippen molar-refractivity contribution in [3.05, 3.63) is 0 Å². The first-order valence-corrected chi connectivity index (χ1v) is 3.92. The molecule has 0 heterocycles. The van der Waals surface area contributed by atoms with Gasteiger partial charge in [-0.2, -0.15) is 0 Å². The zero-order valence-corrected chi connectivity index (χ0v) is 6.98. The molecule has 0 radical (unpaired) electrons. The average molecular weight is 143 g/mol. The van der Waals surface area contributed by atoms with Crippen LogP contribution in [0.2, 0.25) is 0 Å². The molecule has 0 aliphatic rings. The number of quaternary nitrogens is 1. The zero-order chi connectivity index (χ0) is 8.04. The van der Waals surface area contributed by atoms with E-state index >= 15 is 0 Å². The van der Waals surface area contributed by atoms with Gasteiger partial charge in [0.25, 0.3) is 0 Å². The summed E-state index contributed by atoms with van der Waals surface area (Å²) >= 11 is 0. The largest absolute Gasteiger partial charge is 0.527 e. The molecule has 0 aliphatic heterocycles. The summed E-state index contributed by atoms with van der Waals surface area (Å²) < 4.78 is 1.36. The molecule has 0 aromatic rings. The molecular weight excluding hydrogens is 121 g/mol. The lowest BCUT2D eigenvalue weighted by Crippen LogP contribution is -2.37. The number of hydrogen-bond donors (Lipinski definition) is 0. The lowest BCUT2D eigenvalue weighted by atomic mass is 10.1. The van der Waals surface area contributed by atoms with Crippen molar-refractivity contribution in [3.63, 3.8) is 0 Å². The Kier molecular flexibility index (Phi) is 4.79. The minimum Gasteiger partial charge on any atom is -0.527 e. The monoisotopic (exact) mass is 143 g/mol. The number of rotatable bonds is 5. The standard InChI is InChI=1S/C8H22BN/c1-4-5-6-7-8-10(2,3)9/h4-8H2,1-3,9H3. The van der Waals surface area contributed by atoms with Crippen LogP contribution < -0.4 is 0 Å². The molecule has 0 bridgehead atoms. The van der Waals surface area contributed by atoms with Crippen LogP contribution in [0.15, 0.2) is 0 Å². The molecule has 0 rings (SSSR count). The number of unbranched alkanes of at least 4 members (excludes halogenated alkanes) is 3. The van der Waals surface area contributed by atoms with E-state index in [0.717, 1.165) is 0 Å². The van der Waals surface area contributed by atoms with E-state index in [9.17, 15) is 0 Å². The number of nitrogens with zero attached hydrogens (tertiary/aromatic N) is 1. The van der Waals surface area contributed by atoms with Crippen LogP contribution in [0.1, 0.15) is 32.6 Å². The van der Waals surface area contributed by atoms with Crippen molar-refractivity contribution in [1.82, 2.24) is 0 Å². The Morgan fingerprint density at radius 3 is 2.10 bits per heavy atom. The van der Waals surface area contributed by atoms with Gasteiger partial charge in [0.15, 0.2) is 7.98 Å². The molecule has 62 valence electrons. The topological polar surface area (TPSA) is 0 Å². The van der Waals surface area contributed by atoms with E-state index in [0.29, 0.717) is 7.98 Å². The highest BCUT2D eigenvalue weighted by molar-refractivity contribution is 5.97. The molecule has 0 aromatic carbocycles. The van der Waals surface area contributed by atoms with Crippen molar-refractivity contribution in [2.75, 3.05) is 20.6 Å². The molecule has 0 aliphatic carbocycles. The summed E-state index contributed by atoms with van der Waals surface area (Å²) in [6.45, 7) is 3.70. The normalized spacial score (nSPS) is 12.0. The minimum atomic E-state index is 0.506. The van der Waals surface area contributed by atoms with Crippen molar-refractivity contribution in [2.24, 2.45) is 0 Å². The molecule has 0 saturated carbocycles. The van der Waals surface area contributed by atoms with Gasteiger partial charge in [-0.3, -0.25) is 0 Å². The van der Waals surface area contributed by atoms with E-state index in [4.69, 9.17) is 0 Å². The maximum atomic E-state index is 2.37. The molecule has 0 N–H and O–H groups in total. The van der Waals surface area contributed by atoms with Gasteiger partial charge in [-0.15, -0.1) is 0 Å². The van der Waals surface area contributed by atoms with Crippen LogP contribution in [-0.4, -0.2) is 33.0 Å². The summed E-state index contributed by atoms with van der Waals surface area (Å²) in [6, 6.07) is 0. The van der Waals surface area contributed by atoms with Gasteiger partial charge in [-0.05, 0) is 12.8 Å². The van der Waals surface area contributed by atoms with Crippen LogP contribution in [0.5, 0.6) is 0 Å². The van der Waals surface area contributed by atoms with E-state index < -0.39 is 0 Å². The number of hydrogen-bond acceptors (Lipinski definition) is 0. The van der Waals surface area contributed by atoms with Gasteiger partial charge in [0.05, 0.1) is 0 Å². The second-order valence-electron chi connectivity index (χ2n) is 2.86. The predicted octanol–water partition coefficient (Wildman–Crippen LogP) is 0.923. The zero-order valence-electron chi connectivity index (χ0n) is 6.98. The SMILES string of the molecule is [BH3-][N+](C)(C)CCCCCC. The van der Waals surface area contributed by atoms with Crippen LogP contribution in [0.4, 0.5) is 0 Å². The Morgan fingerprint density at radius 2 is 1.70 bits per heavy atom. The molecule has 2 heteroatoms. The van der Waals surface area contributed by atoms with Gasteiger partial charge < -0.3 is 4.39 Å². The third-order valence-electron chi connectivity index (χ3n) is 1.46. The summed E-state index contributed by atoms with van der Waals surface area (Å²) in [5.41, 5.74) is 0. The second kappa shape index (κ2) is 4.78. The van der Waals surface area contributed by atoms with Gasteiger partial charge in [0, 0.05) is 20.6 Å². The predicted molar refractivity (Wildman–Crippen MR) is 51.1 cm³/mol. The summed E-state index contributed by atoms with van der Waals surface area (Å²) in [5, 5.41) is 0. The Morgan fingerprint density at radius 1 is 1.10 bits per heavy atom. The van der Waals surface area contributed by atoms with E-state index in [1.807, 2.05) is 0 Å². The Labute approximate surface area is 66.4 Å². The Hall–Kier alpha value is 0.0249. The first kappa shape index (κ1) is 10.0. The minimum absolute atomic E-state index is 0.506. The second-order valence-corrected chi connectivity index (χ2v) is 2.86. The van der Waals surface area contributed by atoms with Crippen molar-refractivity contribution in [1.29, 1.82) is 0 Å². The van der Waals surface area contributed by atoms with E-state index in [1.54, 1.807) is 0 Å². The lowest BCUT2D eigenvalue weighted by molar-refractivity contribution is -0.773. The van der Waals surface area contributed by atoms with Crippen molar-refractivity contribution >= 4 is 7.98 Å². The van der Waals surface area contributed by atoms with E-state index in [2.05, 4.69) is 21.0 Å². The molecule has 0 saturated heterocycles. The van der Waals surface area contributed by atoms with Crippen LogP contribution in [0.3, 0.4) is 0 Å².